The second-order valence-corrected chi connectivity index (χ2v) is 9.16. The van der Waals surface area contributed by atoms with E-state index in [9.17, 15) is 4.79 Å². The smallest absolute Gasteiger partial charge is 0.311 e. The van der Waals surface area contributed by atoms with Gasteiger partial charge in [0.25, 0.3) is 0 Å². The molecule has 0 N–H and O–H groups in total. The molecule has 0 unspecified atom stereocenters. The highest BCUT2D eigenvalue weighted by Gasteiger charge is 2.07. The summed E-state index contributed by atoms with van der Waals surface area (Å²) in [5, 5.41) is 0. The molecule has 0 bridgehead atoms. The lowest BCUT2D eigenvalue weighted by molar-refractivity contribution is -0.134. The molecule has 0 spiro atoms. The molecule has 0 fully saturated rings. The number of carbonyl (C=O) groups is 1. The predicted molar refractivity (Wildman–Crippen MR) is 137 cm³/mol. The van der Waals surface area contributed by atoms with Crippen LogP contribution in [-0.2, 0) is 11.2 Å². The first-order valence-electron chi connectivity index (χ1n) is 13.3. The van der Waals surface area contributed by atoms with E-state index < -0.39 is 0 Å². The highest BCUT2D eigenvalue weighted by atomic mass is 16.5. The Balaban J connectivity index is 1.64. The summed E-state index contributed by atoms with van der Waals surface area (Å²) in [5.41, 5.74) is 2.34. The Morgan fingerprint density at radius 1 is 0.697 bits per heavy atom. The van der Waals surface area contributed by atoms with E-state index in [1.54, 1.807) is 12.4 Å². The summed E-state index contributed by atoms with van der Waals surface area (Å²) in [6, 6.07) is 8.48. The Bertz CT molecular complexity index is 756. The fourth-order valence-electron chi connectivity index (χ4n) is 4.03. The lowest BCUT2D eigenvalue weighted by Gasteiger charge is -2.06. The highest BCUT2D eigenvalue weighted by Crippen LogP contribution is 2.19. The molecule has 0 radical (unpaired) electrons. The van der Waals surface area contributed by atoms with Crippen LogP contribution in [-0.4, -0.2) is 15.9 Å². The minimum atomic E-state index is -0.197. The Kier molecular flexibility index (Phi) is 14.1. The van der Waals surface area contributed by atoms with Crippen LogP contribution >= 0.6 is 0 Å². The molecule has 4 heteroatoms. The average Bonchev–Trinajstić information content (AvgIpc) is 2.84. The lowest BCUT2D eigenvalue weighted by atomic mass is 10.0. The van der Waals surface area contributed by atoms with E-state index in [0.29, 0.717) is 18.0 Å². The number of aromatic nitrogens is 2. The zero-order chi connectivity index (χ0) is 23.6. The second kappa shape index (κ2) is 17.3. The molecule has 2 rings (SSSR count). The molecule has 0 aliphatic carbocycles. The van der Waals surface area contributed by atoms with Crippen LogP contribution in [0.3, 0.4) is 0 Å². The average molecular weight is 453 g/mol. The monoisotopic (exact) mass is 452 g/mol. The van der Waals surface area contributed by atoms with Crippen LogP contribution in [0, 0.1) is 0 Å². The van der Waals surface area contributed by atoms with Crippen molar-refractivity contribution in [3.63, 3.8) is 0 Å². The number of esters is 1. The zero-order valence-electron chi connectivity index (χ0n) is 21.0. The van der Waals surface area contributed by atoms with E-state index in [1.165, 1.54) is 82.6 Å². The van der Waals surface area contributed by atoms with E-state index in [1.807, 2.05) is 0 Å². The van der Waals surface area contributed by atoms with Crippen molar-refractivity contribution in [3.05, 3.63) is 42.2 Å². The maximum Gasteiger partial charge on any atom is 0.311 e. The van der Waals surface area contributed by atoms with Crippen molar-refractivity contribution < 1.29 is 9.53 Å². The maximum atomic E-state index is 12.1. The van der Waals surface area contributed by atoms with E-state index in [-0.39, 0.29) is 5.97 Å². The third-order valence-corrected chi connectivity index (χ3v) is 6.13. The van der Waals surface area contributed by atoms with Gasteiger partial charge in [0, 0.05) is 12.0 Å². The Labute approximate surface area is 201 Å². The van der Waals surface area contributed by atoms with Crippen molar-refractivity contribution in [2.75, 3.05) is 0 Å². The minimum absolute atomic E-state index is 0.197. The summed E-state index contributed by atoms with van der Waals surface area (Å²) in [5.74, 6) is 0.879. The molecule has 4 nitrogen and oxygen atoms in total. The van der Waals surface area contributed by atoms with Crippen molar-refractivity contribution in [1.82, 2.24) is 9.97 Å². The predicted octanol–water partition coefficient (Wildman–Crippen LogP) is 8.48. The summed E-state index contributed by atoms with van der Waals surface area (Å²) in [4.78, 5) is 20.9. The van der Waals surface area contributed by atoms with Gasteiger partial charge < -0.3 is 4.74 Å². The van der Waals surface area contributed by atoms with Gasteiger partial charge in [0.1, 0.15) is 0 Å². The molecule has 0 amide bonds. The first kappa shape index (κ1) is 27.0. The van der Waals surface area contributed by atoms with Gasteiger partial charge in [-0.05, 0) is 24.8 Å². The van der Waals surface area contributed by atoms with Crippen molar-refractivity contribution >= 4 is 5.97 Å². The second-order valence-electron chi connectivity index (χ2n) is 9.16. The standard InChI is InChI=1S/C29H44N2O2/c1-3-5-7-9-10-11-12-14-16-18-28(32)33-27-23-30-29(31-24-27)26-21-19-25(20-22-26)17-15-13-8-6-4-2/h19-24H,3-18H2,1-2H3. The number of carbonyl (C=O) groups excluding carboxylic acids is 1. The van der Waals surface area contributed by atoms with Crippen molar-refractivity contribution in [2.24, 2.45) is 0 Å². The van der Waals surface area contributed by atoms with Crippen LogP contribution in [0.1, 0.15) is 116 Å². The lowest BCUT2D eigenvalue weighted by Crippen LogP contribution is -2.08. The van der Waals surface area contributed by atoms with Crippen LogP contribution in [0.4, 0.5) is 0 Å². The van der Waals surface area contributed by atoms with E-state index in [2.05, 4.69) is 48.1 Å². The topological polar surface area (TPSA) is 52.1 Å². The van der Waals surface area contributed by atoms with Gasteiger partial charge >= 0.3 is 5.97 Å². The van der Waals surface area contributed by atoms with Gasteiger partial charge in [-0.25, -0.2) is 9.97 Å². The molecule has 0 atom stereocenters. The molecule has 1 aromatic heterocycles. The minimum Gasteiger partial charge on any atom is -0.423 e. The SMILES string of the molecule is CCCCCCCCCCCC(=O)Oc1cnc(-c2ccc(CCCCCCC)cc2)nc1. The van der Waals surface area contributed by atoms with Crippen molar-refractivity contribution in [1.29, 1.82) is 0 Å². The third kappa shape index (κ3) is 12.0. The van der Waals surface area contributed by atoms with Crippen LogP contribution in [0.25, 0.3) is 11.4 Å². The normalized spacial score (nSPS) is 11.0. The summed E-state index contributed by atoms with van der Waals surface area (Å²) in [6.45, 7) is 4.49. The largest absolute Gasteiger partial charge is 0.423 e. The summed E-state index contributed by atoms with van der Waals surface area (Å²) in [6.07, 6.45) is 22.4. The Morgan fingerprint density at radius 3 is 1.79 bits per heavy atom. The highest BCUT2D eigenvalue weighted by molar-refractivity contribution is 5.72. The van der Waals surface area contributed by atoms with Crippen molar-refractivity contribution in [3.8, 4) is 17.1 Å². The van der Waals surface area contributed by atoms with Gasteiger partial charge in [0.05, 0.1) is 12.4 Å². The summed E-state index contributed by atoms with van der Waals surface area (Å²) in [7, 11) is 0. The van der Waals surface area contributed by atoms with Crippen LogP contribution in [0.2, 0.25) is 0 Å². The van der Waals surface area contributed by atoms with E-state index in [4.69, 9.17) is 4.74 Å². The third-order valence-electron chi connectivity index (χ3n) is 6.13. The van der Waals surface area contributed by atoms with Crippen LogP contribution in [0.15, 0.2) is 36.7 Å². The molecule has 1 aromatic carbocycles. The molecular weight excluding hydrogens is 408 g/mol. The molecule has 1 heterocycles. The number of aryl methyl sites for hydroxylation is 1. The molecule has 182 valence electrons. The summed E-state index contributed by atoms with van der Waals surface area (Å²) >= 11 is 0. The van der Waals surface area contributed by atoms with Crippen LogP contribution < -0.4 is 4.74 Å². The van der Waals surface area contributed by atoms with Gasteiger partial charge in [-0.3, -0.25) is 4.79 Å². The Morgan fingerprint density at radius 2 is 1.21 bits per heavy atom. The van der Waals surface area contributed by atoms with Gasteiger partial charge in [-0.2, -0.15) is 0 Å². The molecular formula is C29H44N2O2. The maximum absolute atomic E-state index is 12.1. The molecule has 0 saturated carbocycles. The van der Waals surface area contributed by atoms with Gasteiger partial charge in [0.2, 0.25) is 0 Å². The number of ether oxygens (including phenoxy) is 1. The molecule has 0 aliphatic heterocycles. The van der Waals surface area contributed by atoms with Crippen LogP contribution in [0.5, 0.6) is 5.75 Å². The number of hydrogen-bond acceptors (Lipinski definition) is 4. The quantitative estimate of drug-likeness (QED) is 0.168. The first-order valence-corrected chi connectivity index (χ1v) is 13.3. The molecule has 33 heavy (non-hydrogen) atoms. The van der Waals surface area contributed by atoms with Gasteiger partial charge in [-0.15, -0.1) is 0 Å². The molecule has 0 saturated heterocycles. The van der Waals surface area contributed by atoms with Gasteiger partial charge in [-0.1, -0.05) is 115 Å². The number of nitrogens with zero attached hydrogens (tertiary/aromatic N) is 2. The number of rotatable bonds is 18. The zero-order valence-corrected chi connectivity index (χ0v) is 21.0. The Hall–Kier alpha value is -2.23. The van der Waals surface area contributed by atoms with E-state index >= 15 is 0 Å². The number of unbranched alkanes of at least 4 members (excludes halogenated alkanes) is 12. The first-order chi connectivity index (χ1) is 16.2. The molecule has 0 aliphatic rings. The van der Waals surface area contributed by atoms with E-state index in [0.717, 1.165) is 24.8 Å². The summed E-state index contributed by atoms with van der Waals surface area (Å²) < 4.78 is 5.40. The fourth-order valence-corrected chi connectivity index (χ4v) is 4.03. The van der Waals surface area contributed by atoms with Gasteiger partial charge in [0.15, 0.2) is 11.6 Å². The fraction of sp³-hybridized carbons (Fsp3) is 0.621. The van der Waals surface area contributed by atoms with Crippen molar-refractivity contribution in [2.45, 2.75) is 117 Å². The molecule has 2 aromatic rings. The number of benzene rings is 1. The number of hydrogen-bond donors (Lipinski definition) is 0.